The Morgan fingerprint density at radius 1 is 1.29 bits per heavy atom. The van der Waals surface area contributed by atoms with Crippen molar-refractivity contribution in [1.82, 2.24) is 0 Å². The first-order valence-corrected chi connectivity index (χ1v) is 5.44. The summed E-state index contributed by atoms with van der Waals surface area (Å²) in [4.78, 5) is 10.8. The third-order valence-corrected chi connectivity index (χ3v) is 2.23. The summed E-state index contributed by atoms with van der Waals surface area (Å²) in [7, 11) is 0. The molecule has 0 bridgehead atoms. The molecule has 0 spiro atoms. The highest BCUT2D eigenvalue weighted by molar-refractivity contribution is 5.69. The van der Waals surface area contributed by atoms with Crippen LogP contribution in [0.25, 0.3) is 0 Å². The van der Waals surface area contributed by atoms with Gasteiger partial charge in [0.25, 0.3) is 0 Å². The largest absolute Gasteiger partial charge is 0.481 e. The Morgan fingerprint density at radius 3 is 2.41 bits per heavy atom. The Labute approximate surface area is 97.9 Å². The van der Waals surface area contributed by atoms with Gasteiger partial charge in [-0.25, -0.2) is 0 Å². The van der Waals surface area contributed by atoms with Gasteiger partial charge in [0.15, 0.2) is 0 Å². The van der Waals surface area contributed by atoms with Crippen LogP contribution in [0.4, 0.5) is 13.2 Å². The highest BCUT2D eigenvalue weighted by Crippen LogP contribution is 2.16. The molecule has 4 nitrogen and oxygen atoms in total. The quantitative estimate of drug-likeness (QED) is 0.618. The molecule has 3 N–H and O–H groups in total. The summed E-state index contributed by atoms with van der Waals surface area (Å²) >= 11 is 0. The van der Waals surface area contributed by atoms with E-state index in [4.69, 9.17) is 10.8 Å². The van der Waals surface area contributed by atoms with Crippen LogP contribution in [0.2, 0.25) is 0 Å². The molecule has 0 aromatic heterocycles. The monoisotopic (exact) mass is 257 g/mol. The minimum absolute atomic E-state index is 0.0932. The van der Waals surface area contributed by atoms with Crippen molar-refractivity contribution in [3.63, 3.8) is 0 Å². The zero-order valence-corrected chi connectivity index (χ0v) is 9.50. The summed E-state index contributed by atoms with van der Waals surface area (Å²) in [6.07, 6.45) is -2.48. The predicted molar refractivity (Wildman–Crippen MR) is 55.5 cm³/mol. The van der Waals surface area contributed by atoms with E-state index in [-0.39, 0.29) is 13.0 Å². The summed E-state index contributed by atoms with van der Waals surface area (Å²) in [5.41, 5.74) is 5.26. The number of carboxylic acid groups (broad SMARTS) is 1. The number of halogens is 3. The van der Waals surface area contributed by atoms with Crippen molar-refractivity contribution in [2.24, 2.45) is 11.7 Å². The van der Waals surface area contributed by atoms with Crippen molar-refractivity contribution in [2.45, 2.75) is 31.9 Å². The average Bonchev–Trinajstić information content (AvgIpc) is 2.19. The van der Waals surface area contributed by atoms with Crippen LogP contribution in [0.3, 0.4) is 0 Å². The molecule has 1 unspecified atom stereocenters. The van der Waals surface area contributed by atoms with E-state index in [9.17, 15) is 18.0 Å². The van der Waals surface area contributed by atoms with Crippen molar-refractivity contribution < 1.29 is 27.8 Å². The molecule has 17 heavy (non-hydrogen) atoms. The summed E-state index contributed by atoms with van der Waals surface area (Å²) in [6.45, 7) is -1.04. The molecule has 0 aliphatic heterocycles. The number of aliphatic carboxylic acids is 1. The summed E-state index contributed by atoms with van der Waals surface area (Å²) in [5.74, 6) is -1.66. The second kappa shape index (κ2) is 8.30. The van der Waals surface area contributed by atoms with Gasteiger partial charge in [-0.05, 0) is 25.8 Å². The highest BCUT2D eigenvalue weighted by atomic mass is 19.4. The van der Waals surface area contributed by atoms with Crippen LogP contribution in [0, 0.1) is 5.92 Å². The summed E-state index contributed by atoms with van der Waals surface area (Å²) < 4.78 is 39.6. The lowest BCUT2D eigenvalue weighted by atomic mass is 9.99. The van der Waals surface area contributed by atoms with Gasteiger partial charge in [0.2, 0.25) is 0 Å². The molecule has 0 radical (unpaired) electrons. The Bertz CT molecular complexity index is 221. The normalized spacial score (nSPS) is 13.6. The minimum Gasteiger partial charge on any atom is -0.481 e. The smallest absolute Gasteiger partial charge is 0.411 e. The molecule has 0 saturated carbocycles. The van der Waals surface area contributed by atoms with E-state index < -0.39 is 24.7 Å². The maximum Gasteiger partial charge on any atom is 0.411 e. The first-order valence-electron chi connectivity index (χ1n) is 5.44. The number of ether oxygens (including phenoxy) is 1. The molecule has 0 aromatic carbocycles. The standard InChI is InChI=1S/C10H18F3NO3/c11-10(12,13)7-17-6-4-8(9(15)16)3-1-2-5-14/h8H,1-7,14H2,(H,15,16). The van der Waals surface area contributed by atoms with Crippen LogP contribution in [-0.2, 0) is 9.53 Å². The molecule has 0 aromatic rings. The molecular formula is C10H18F3NO3. The SMILES string of the molecule is NCCCCC(CCOCC(F)(F)F)C(=O)O. The van der Waals surface area contributed by atoms with Gasteiger partial charge in [0, 0.05) is 6.61 Å². The lowest BCUT2D eigenvalue weighted by molar-refractivity contribution is -0.175. The van der Waals surface area contributed by atoms with E-state index in [0.29, 0.717) is 25.8 Å². The number of carboxylic acids is 1. The van der Waals surface area contributed by atoms with Crippen LogP contribution in [0.5, 0.6) is 0 Å². The van der Waals surface area contributed by atoms with E-state index in [0.717, 1.165) is 0 Å². The fraction of sp³-hybridized carbons (Fsp3) is 0.900. The predicted octanol–water partition coefficient (Wildman–Crippen LogP) is 1.79. The average molecular weight is 257 g/mol. The Hall–Kier alpha value is -0.820. The maximum atomic E-state index is 11.7. The third kappa shape index (κ3) is 10.1. The topological polar surface area (TPSA) is 72.5 Å². The van der Waals surface area contributed by atoms with Gasteiger partial charge in [-0.15, -0.1) is 0 Å². The highest BCUT2D eigenvalue weighted by Gasteiger charge is 2.27. The van der Waals surface area contributed by atoms with Crippen molar-refractivity contribution in [1.29, 1.82) is 0 Å². The van der Waals surface area contributed by atoms with Gasteiger partial charge in [0.1, 0.15) is 6.61 Å². The van der Waals surface area contributed by atoms with Crippen molar-refractivity contribution >= 4 is 5.97 Å². The molecule has 7 heteroatoms. The molecule has 0 fully saturated rings. The number of carbonyl (C=O) groups is 1. The number of nitrogens with two attached hydrogens (primary N) is 1. The van der Waals surface area contributed by atoms with Gasteiger partial charge in [-0.1, -0.05) is 6.42 Å². The zero-order valence-electron chi connectivity index (χ0n) is 9.50. The van der Waals surface area contributed by atoms with Gasteiger partial charge in [-0.2, -0.15) is 13.2 Å². The fourth-order valence-electron chi connectivity index (χ4n) is 1.34. The molecule has 1 atom stereocenters. The zero-order chi connectivity index (χ0) is 13.3. The van der Waals surface area contributed by atoms with Crippen molar-refractivity contribution in [2.75, 3.05) is 19.8 Å². The molecule has 0 saturated heterocycles. The van der Waals surface area contributed by atoms with E-state index in [1.165, 1.54) is 0 Å². The van der Waals surface area contributed by atoms with E-state index >= 15 is 0 Å². The van der Waals surface area contributed by atoms with Crippen LogP contribution in [0.1, 0.15) is 25.7 Å². The third-order valence-electron chi connectivity index (χ3n) is 2.23. The van der Waals surface area contributed by atoms with Gasteiger partial charge >= 0.3 is 12.1 Å². The molecule has 102 valence electrons. The lowest BCUT2D eigenvalue weighted by Gasteiger charge is -2.13. The Kier molecular flexibility index (Phi) is 7.90. The Morgan fingerprint density at radius 2 is 1.94 bits per heavy atom. The number of unbranched alkanes of at least 4 members (excludes halogenated alkanes) is 1. The van der Waals surface area contributed by atoms with Crippen LogP contribution >= 0.6 is 0 Å². The maximum absolute atomic E-state index is 11.7. The molecule has 0 heterocycles. The van der Waals surface area contributed by atoms with E-state index in [1.54, 1.807) is 0 Å². The second-order valence-electron chi connectivity index (χ2n) is 3.78. The summed E-state index contributed by atoms with van der Waals surface area (Å²) in [5, 5.41) is 8.82. The van der Waals surface area contributed by atoms with Gasteiger partial charge in [-0.3, -0.25) is 4.79 Å². The molecule has 0 amide bonds. The van der Waals surface area contributed by atoms with Crippen LogP contribution in [-0.4, -0.2) is 37.0 Å². The second-order valence-corrected chi connectivity index (χ2v) is 3.78. The first kappa shape index (κ1) is 16.2. The van der Waals surface area contributed by atoms with Gasteiger partial charge < -0.3 is 15.6 Å². The number of hydrogen-bond donors (Lipinski definition) is 2. The van der Waals surface area contributed by atoms with E-state index in [2.05, 4.69) is 4.74 Å². The molecule has 0 aliphatic rings. The first-order chi connectivity index (χ1) is 7.87. The summed E-state index contributed by atoms with van der Waals surface area (Å²) in [6, 6.07) is 0. The number of rotatable bonds is 9. The minimum atomic E-state index is -4.36. The lowest BCUT2D eigenvalue weighted by Crippen LogP contribution is -2.20. The van der Waals surface area contributed by atoms with Gasteiger partial charge in [0.05, 0.1) is 5.92 Å². The van der Waals surface area contributed by atoms with Crippen molar-refractivity contribution in [3.8, 4) is 0 Å². The fourth-order valence-corrected chi connectivity index (χ4v) is 1.34. The number of alkyl halides is 3. The van der Waals surface area contributed by atoms with E-state index in [1.807, 2.05) is 0 Å². The molecule has 0 aliphatic carbocycles. The Balaban J connectivity index is 3.74. The molecular weight excluding hydrogens is 239 g/mol. The van der Waals surface area contributed by atoms with Crippen molar-refractivity contribution in [3.05, 3.63) is 0 Å². The van der Waals surface area contributed by atoms with Crippen LogP contribution < -0.4 is 5.73 Å². The molecule has 0 rings (SSSR count). The van der Waals surface area contributed by atoms with Crippen LogP contribution in [0.15, 0.2) is 0 Å². The number of hydrogen-bond acceptors (Lipinski definition) is 3.